The van der Waals surface area contributed by atoms with Crippen LogP contribution in [0.15, 0.2) is 12.1 Å². The molecule has 0 aromatic carbocycles. The molecule has 0 bridgehead atoms. The molecule has 1 aliphatic heterocycles. The molecule has 0 saturated carbocycles. The van der Waals surface area contributed by atoms with E-state index in [0.29, 0.717) is 0 Å². The van der Waals surface area contributed by atoms with Gasteiger partial charge in [0.1, 0.15) is 0 Å². The van der Waals surface area contributed by atoms with Crippen molar-refractivity contribution in [2.45, 2.75) is 85.5 Å². The van der Waals surface area contributed by atoms with Crippen molar-refractivity contribution in [3.63, 3.8) is 0 Å². The van der Waals surface area contributed by atoms with Crippen LogP contribution in [0.3, 0.4) is 0 Å². The Morgan fingerprint density at radius 3 is 2.04 bits per heavy atom. The zero-order valence-electron chi connectivity index (χ0n) is 16.8. The van der Waals surface area contributed by atoms with E-state index in [4.69, 9.17) is 14.0 Å². The molecule has 24 heavy (non-hydrogen) atoms. The highest BCUT2D eigenvalue weighted by molar-refractivity contribution is 7.22. The van der Waals surface area contributed by atoms with Crippen molar-refractivity contribution in [2.24, 2.45) is 5.41 Å². The van der Waals surface area contributed by atoms with Gasteiger partial charge in [0.25, 0.3) is 0 Å². The lowest BCUT2D eigenvalue weighted by molar-refractivity contribution is -0.0888. The molecule has 1 saturated heterocycles. The predicted molar refractivity (Wildman–Crippen MR) is 103 cm³/mol. The highest BCUT2D eigenvalue weighted by atomic mass is 32.1. The molecular weight excluding hydrogens is 319 g/mol. The second-order valence-corrected chi connectivity index (χ2v) is 10.5. The van der Waals surface area contributed by atoms with Crippen LogP contribution in [0.25, 0.3) is 0 Å². The van der Waals surface area contributed by atoms with Gasteiger partial charge in [-0.2, -0.15) is 0 Å². The predicted octanol–water partition coefficient (Wildman–Crippen LogP) is 4.43. The second kappa shape index (κ2) is 6.42. The second-order valence-electron chi connectivity index (χ2n) is 9.25. The minimum atomic E-state index is -0.290. The van der Waals surface area contributed by atoms with Crippen LogP contribution < -0.4 is 4.78 Å². The Morgan fingerprint density at radius 2 is 1.54 bits per heavy atom. The fraction of sp³-hybridized carbons (Fsp3) is 0.789. The quantitative estimate of drug-likeness (QED) is 0.734. The topological polar surface area (TPSA) is 27.7 Å². The van der Waals surface area contributed by atoms with Crippen LogP contribution in [0.1, 0.15) is 67.2 Å². The normalized spacial score (nSPS) is 20.6. The first-order chi connectivity index (χ1) is 10.8. The van der Waals surface area contributed by atoms with Gasteiger partial charge in [-0.15, -0.1) is 11.3 Å². The van der Waals surface area contributed by atoms with Crippen molar-refractivity contribution in [3.8, 4) is 0 Å². The molecule has 0 unspecified atom stereocenters. The Balaban J connectivity index is 1.93. The van der Waals surface area contributed by atoms with E-state index < -0.39 is 0 Å². The van der Waals surface area contributed by atoms with Crippen LogP contribution in [0.5, 0.6) is 0 Å². The first-order valence-corrected chi connectivity index (χ1v) is 9.65. The molecule has 3 nitrogen and oxygen atoms in total. The average Bonchev–Trinajstić information content (AvgIpc) is 2.91. The summed E-state index contributed by atoms with van der Waals surface area (Å²) in [4.78, 5) is 1.31. The van der Waals surface area contributed by atoms with Crippen LogP contribution in [-0.4, -0.2) is 30.5 Å². The number of ether oxygens (including phenoxy) is 1. The number of hydrogen-bond donors (Lipinski definition) is 0. The summed E-state index contributed by atoms with van der Waals surface area (Å²) in [6, 6.07) is 4.29. The number of hydrogen-bond acceptors (Lipinski definition) is 4. The van der Waals surface area contributed by atoms with Gasteiger partial charge in [0.05, 0.1) is 23.4 Å². The van der Waals surface area contributed by atoms with Crippen LogP contribution in [-0.2, 0) is 20.5 Å². The van der Waals surface area contributed by atoms with Crippen molar-refractivity contribution in [2.75, 3.05) is 6.61 Å². The zero-order chi connectivity index (χ0) is 18.4. The standard InChI is InChI=1S/C19H33BO3S/c1-16(2,3)17(4,5)21-13-12-14-10-11-15(24-14)20-22-18(6,7)19(8,9)23-20/h10-11H,12-13H2,1-9H3. The third-order valence-electron chi connectivity index (χ3n) is 5.79. The Labute approximate surface area is 152 Å². The maximum Gasteiger partial charge on any atom is 0.505 e. The summed E-state index contributed by atoms with van der Waals surface area (Å²) in [6.45, 7) is 20.1. The highest BCUT2D eigenvalue weighted by Crippen LogP contribution is 2.37. The van der Waals surface area contributed by atoms with Gasteiger partial charge in [0, 0.05) is 16.1 Å². The maximum absolute atomic E-state index is 6.14. The molecule has 2 heterocycles. The van der Waals surface area contributed by atoms with Crippen LogP contribution >= 0.6 is 11.3 Å². The number of rotatable bonds is 5. The largest absolute Gasteiger partial charge is 0.505 e. The summed E-state index contributed by atoms with van der Waals surface area (Å²) in [6.07, 6.45) is 0.920. The van der Waals surface area contributed by atoms with E-state index in [0.717, 1.165) is 17.8 Å². The Kier molecular flexibility index (Phi) is 5.34. The summed E-state index contributed by atoms with van der Waals surface area (Å²) in [5.74, 6) is 0. The molecule has 0 amide bonds. The monoisotopic (exact) mass is 352 g/mol. The third kappa shape index (κ3) is 4.06. The summed E-state index contributed by atoms with van der Waals surface area (Å²) < 4.78 is 19.5. The zero-order valence-corrected chi connectivity index (χ0v) is 17.6. The molecule has 0 spiro atoms. The van der Waals surface area contributed by atoms with E-state index in [1.807, 2.05) is 0 Å². The van der Waals surface area contributed by atoms with Gasteiger partial charge in [-0.05, 0) is 53.0 Å². The molecule has 2 rings (SSSR count). The van der Waals surface area contributed by atoms with E-state index in [-0.39, 0.29) is 29.3 Å². The van der Waals surface area contributed by atoms with Crippen LogP contribution in [0.2, 0.25) is 0 Å². The molecule has 1 aromatic heterocycles. The minimum Gasteiger partial charge on any atom is -0.399 e. The fourth-order valence-electron chi connectivity index (χ4n) is 2.24. The molecule has 1 aromatic rings. The third-order valence-corrected chi connectivity index (χ3v) is 6.95. The van der Waals surface area contributed by atoms with Crippen molar-refractivity contribution in [3.05, 3.63) is 17.0 Å². The Bertz CT molecular complexity index is 553. The Morgan fingerprint density at radius 1 is 1.00 bits per heavy atom. The van der Waals surface area contributed by atoms with Gasteiger partial charge in [0.2, 0.25) is 0 Å². The van der Waals surface area contributed by atoms with Gasteiger partial charge in [0.15, 0.2) is 0 Å². The molecule has 0 aliphatic carbocycles. The Hall–Kier alpha value is -0.355. The minimum absolute atomic E-state index is 0.121. The van der Waals surface area contributed by atoms with Crippen LogP contribution in [0, 0.1) is 5.41 Å². The van der Waals surface area contributed by atoms with E-state index in [9.17, 15) is 0 Å². The summed E-state index contributed by atoms with van der Waals surface area (Å²) in [7, 11) is -0.263. The van der Waals surface area contributed by atoms with Gasteiger partial charge in [-0.3, -0.25) is 0 Å². The SMILES string of the molecule is CC(C)(C)C(C)(C)OCCc1ccc(B2OC(C)(C)C(C)(C)O2)s1. The molecule has 5 heteroatoms. The van der Waals surface area contributed by atoms with Gasteiger partial charge in [-0.25, -0.2) is 0 Å². The van der Waals surface area contributed by atoms with E-state index >= 15 is 0 Å². The summed E-state index contributed by atoms with van der Waals surface area (Å²) in [5, 5.41) is 0. The lowest BCUT2D eigenvalue weighted by Gasteiger charge is -2.38. The molecule has 136 valence electrons. The molecular formula is C19H33BO3S. The lowest BCUT2D eigenvalue weighted by atomic mass is 9.79. The molecule has 0 radical (unpaired) electrons. The first kappa shape index (κ1) is 20.0. The van der Waals surface area contributed by atoms with Crippen molar-refractivity contribution < 1.29 is 14.0 Å². The molecule has 0 N–H and O–H groups in total. The molecule has 0 atom stereocenters. The fourth-order valence-corrected chi connectivity index (χ4v) is 3.19. The van der Waals surface area contributed by atoms with Gasteiger partial charge < -0.3 is 14.0 Å². The molecule has 1 aliphatic rings. The lowest BCUT2D eigenvalue weighted by Crippen LogP contribution is -2.41. The summed E-state index contributed by atoms with van der Waals surface area (Å²) in [5.41, 5.74) is -0.599. The average molecular weight is 352 g/mol. The van der Waals surface area contributed by atoms with Crippen molar-refractivity contribution >= 4 is 23.2 Å². The van der Waals surface area contributed by atoms with E-state index in [1.165, 1.54) is 4.88 Å². The van der Waals surface area contributed by atoms with Gasteiger partial charge in [-0.1, -0.05) is 26.8 Å². The first-order valence-electron chi connectivity index (χ1n) is 8.83. The smallest absolute Gasteiger partial charge is 0.399 e. The van der Waals surface area contributed by atoms with E-state index in [1.54, 1.807) is 11.3 Å². The van der Waals surface area contributed by atoms with Crippen molar-refractivity contribution in [1.29, 1.82) is 0 Å². The number of thiophene rings is 1. The van der Waals surface area contributed by atoms with Gasteiger partial charge >= 0.3 is 7.12 Å². The summed E-state index contributed by atoms with van der Waals surface area (Å²) >= 11 is 1.76. The van der Waals surface area contributed by atoms with Crippen molar-refractivity contribution in [1.82, 2.24) is 0 Å². The molecule has 1 fully saturated rings. The van der Waals surface area contributed by atoms with E-state index in [2.05, 4.69) is 74.4 Å². The van der Waals surface area contributed by atoms with Crippen LogP contribution in [0.4, 0.5) is 0 Å². The maximum atomic E-state index is 6.14. The highest BCUT2D eigenvalue weighted by Gasteiger charge is 2.52.